The predicted molar refractivity (Wildman–Crippen MR) is 80.6 cm³/mol. The van der Waals surface area contributed by atoms with Gasteiger partial charge in [-0.1, -0.05) is 13.8 Å². The van der Waals surface area contributed by atoms with Gasteiger partial charge < -0.3 is 10.2 Å². The Labute approximate surface area is 111 Å². The molecule has 0 spiro atoms. The first-order valence-electron chi connectivity index (χ1n) is 7.39. The quantitative estimate of drug-likeness (QED) is 0.843. The van der Waals surface area contributed by atoms with E-state index in [2.05, 4.69) is 49.2 Å². The molecule has 0 saturated carbocycles. The fraction of sp³-hybridized carbons (Fsp3) is 0.625. The first kappa shape index (κ1) is 13.3. The van der Waals surface area contributed by atoms with Gasteiger partial charge in [0.15, 0.2) is 0 Å². The SMILES string of the molecule is CCCN(CCC)c1ccc2c(c1)CCC(C)N2. The molecule has 1 atom stereocenters. The van der Waals surface area contributed by atoms with Crippen LogP contribution in [-0.2, 0) is 6.42 Å². The van der Waals surface area contributed by atoms with E-state index in [-0.39, 0.29) is 0 Å². The average Bonchev–Trinajstić information content (AvgIpc) is 2.38. The number of benzene rings is 1. The smallest absolute Gasteiger partial charge is 0.0376 e. The molecule has 1 unspecified atom stereocenters. The van der Waals surface area contributed by atoms with E-state index in [4.69, 9.17) is 0 Å². The first-order chi connectivity index (χ1) is 8.74. The molecule has 0 amide bonds. The zero-order valence-electron chi connectivity index (χ0n) is 12.0. The van der Waals surface area contributed by atoms with Gasteiger partial charge in [0.2, 0.25) is 0 Å². The van der Waals surface area contributed by atoms with Crippen LogP contribution in [0.25, 0.3) is 0 Å². The maximum absolute atomic E-state index is 3.57. The van der Waals surface area contributed by atoms with Crippen molar-refractivity contribution in [1.82, 2.24) is 0 Å². The Balaban J connectivity index is 2.18. The molecule has 2 nitrogen and oxygen atoms in total. The molecule has 18 heavy (non-hydrogen) atoms. The van der Waals surface area contributed by atoms with Gasteiger partial charge in [0.25, 0.3) is 0 Å². The van der Waals surface area contributed by atoms with Crippen molar-refractivity contribution in [3.05, 3.63) is 23.8 Å². The Bertz CT molecular complexity index is 381. The highest BCUT2D eigenvalue weighted by atomic mass is 15.1. The van der Waals surface area contributed by atoms with Gasteiger partial charge in [0.05, 0.1) is 0 Å². The summed E-state index contributed by atoms with van der Waals surface area (Å²) in [5.41, 5.74) is 4.22. The number of nitrogens with one attached hydrogen (secondary N) is 1. The summed E-state index contributed by atoms with van der Waals surface area (Å²) < 4.78 is 0. The monoisotopic (exact) mass is 246 g/mol. The number of hydrogen-bond acceptors (Lipinski definition) is 2. The molecule has 0 aliphatic carbocycles. The largest absolute Gasteiger partial charge is 0.382 e. The van der Waals surface area contributed by atoms with Gasteiger partial charge in [-0.05, 0) is 56.4 Å². The minimum atomic E-state index is 0.616. The summed E-state index contributed by atoms with van der Waals surface area (Å²) in [6, 6.07) is 7.54. The maximum Gasteiger partial charge on any atom is 0.0376 e. The Hall–Kier alpha value is -1.18. The second kappa shape index (κ2) is 6.12. The second-order valence-electron chi connectivity index (χ2n) is 5.41. The van der Waals surface area contributed by atoms with Crippen molar-refractivity contribution in [2.75, 3.05) is 23.3 Å². The maximum atomic E-state index is 3.57. The van der Waals surface area contributed by atoms with Crippen LogP contribution in [-0.4, -0.2) is 19.1 Å². The van der Waals surface area contributed by atoms with E-state index < -0.39 is 0 Å². The lowest BCUT2D eigenvalue weighted by Crippen LogP contribution is -2.26. The van der Waals surface area contributed by atoms with Crippen LogP contribution in [0, 0.1) is 0 Å². The molecule has 1 N–H and O–H groups in total. The molecule has 0 radical (unpaired) electrons. The van der Waals surface area contributed by atoms with Crippen LogP contribution in [0.15, 0.2) is 18.2 Å². The fourth-order valence-corrected chi connectivity index (χ4v) is 2.74. The second-order valence-corrected chi connectivity index (χ2v) is 5.41. The van der Waals surface area contributed by atoms with Gasteiger partial charge in [-0.15, -0.1) is 0 Å². The van der Waals surface area contributed by atoms with Crippen LogP contribution in [0.5, 0.6) is 0 Å². The number of anilines is 2. The molecular weight excluding hydrogens is 220 g/mol. The summed E-state index contributed by atoms with van der Waals surface area (Å²) >= 11 is 0. The lowest BCUT2D eigenvalue weighted by Gasteiger charge is -2.28. The molecule has 1 aliphatic heterocycles. The lowest BCUT2D eigenvalue weighted by atomic mass is 9.98. The number of hydrogen-bond donors (Lipinski definition) is 1. The van der Waals surface area contributed by atoms with E-state index in [1.165, 1.54) is 42.6 Å². The summed E-state index contributed by atoms with van der Waals surface area (Å²) in [6.45, 7) is 9.10. The highest BCUT2D eigenvalue weighted by Gasteiger charge is 2.15. The third kappa shape index (κ3) is 2.98. The minimum absolute atomic E-state index is 0.616. The third-order valence-electron chi connectivity index (χ3n) is 3.69. The molecule has 100 valence electrons. The van der Waals surface area contributed by atoms with Crippen molar-refractivity contribution in [2.45, 2.75) is 52.5 Å². The zero-order valence-corrected chi connectivity index (χ0v) is 12.0. The van der Waals surface area contributed by atoms with Gasteiger partial charge in [-0.2, -0.15) is 0 Å². The summed E-state index contributed by atoms with van der Waals surface area (Å²) in [5, 5.41) is 3.57. The van der Waals surface area contributed by atoms with E-state index in [1.54, 1.807) is 0 Å². The van der Waals surface area contributed by atoms with Crippen LogP contribution in [0.2, 0.25) is 0 Å². The number of rotatable bonds is 5. The molecule has 1 aromatic rings. The lowest BCUT2D eigenvalue weighted by molar-refractivity contribution is 0.679. The molecular formula is C16H26N2. The van der Waals surface area contributed by atoms with Crippen molar-refractivity contribution in [3.8, 4) is 0 Å². The molecule has 2 heteroatoms. The summed E-state index contributed by atoms with van der Waals surface area (Å²) in [6.07, 6.45) is 4.89. The Morgan fingerprint density at radius 3 is 2.61 bits per heavy atom. The molecule has 0 fully saturated rings. The molecule has 0 aromatic heterocycles. The van der Waals surface area contributed by atoms with Crippen molar-refractivity contribution < 1.29 is 0 Å². The topological polar surface area (TPSA) is 15.3 Å². The third-order valence-corrected chi connectivity index (χ3v) is 3.69. The van der Waals surface area contributed by atoms with Crippen LogP contribution < -0.4 is 10.2 Å². The first-order valence-corrected chi connectivity index (χ1v) is 7.39. The van der Waals surface area contributed by atoms with E-state index in [9.17, 15) is 0 Å². The Morgan fingerprint density at radius 2 is 1.94 bits per heavy atom. The van der Waals surface area contributed by atoms with Crippen LogP contribution in [0.3, 0.4) is 0 Å². The predicted octanol–water partition coefficient (Wildman–Crippen LogP) is 4.06. The Kier molecular flexibility index (Phi) is 4.51. The molecule has 1 heterocycles. The molecule has 0 bridgehead atoms. The van der Waals surface area contributed by atoms with Crippen LogP contribution >= 0.6 is 0 Å². The van der Waals surface area contributed by atoms with E-state index in [1.807, 2.05) is 0 Å². The van der Waals surface area contributed by atoms with Crippen LogP contribution in [0.4, 0.5) is 11.4 Å². The summed E-state index contributed by atoms with van der Waals surface area (Å²) in [4.78, 5) is 2.51. The number of aryl methyl sites for hydroxylation is 1. The van der Waals surface area contributed by atoms with Gasteiger partial charge in [0.1, 0.15) is 0 Å². The fourth-order valence-electron chi connectivity index (χ4n) is 2.74. The highest BCUT2D eigenvalue weighted by molar-refractivity contribution is 5.62. The molecule has 2 rings (SSSR count). The van der Waals surface area contributed by atoms with Crippen molar-refractivity contribution >= 4 is 11.4 Å². The zero-order chi connectivity index (χ0) is 13.0. The van der Waals surface area contributed by atoms with Crippen molar-refractivity contribution in [3.63, 3.8) is 0 Å². The van der Waals surface area contributed by atoms with Crippen molar-refractivity contribution in [2.24, 2.45) is 0 Å². The molecule has 1 aliphatic rings. The Morgan fingerprint density at radius 1 is 1.22 bits per heavy atom. The van der Waals surface area contributed by atoms with Gasteiger partial charge in [-0.25, -0.2) is 0 Å². The number of fused-ring (bicyclic) bond motifs is 1. The minimum Gasteiger partial charge on any atom is -0.382 e. The highest BCUT2D eigenvalue weighted by Crippen LogP contribution is 2.29. The van der Waals surface area contributed by atoms with E-state index >= 15 is 0 Å². The van der Waals surface area contributed by atoms with Gasteiger partial charge >= 0.3 is 0 Å². The average molecular weight is 246 g/mol. The van der Waals surface area contributed by atoms with E-state index in [0.717, 1.165) is 13.1 Å². The molecule has 1 aromatic carbocycles. The molecule has 0 saturated heterocycles. The van der Waals surface area contributed by atoms with Crippen molar-refractivity contribution in [1.29, 1.82) is 0 Å². The van der Waals surface area contributed by atoms with Gasteiger partial charge in [-0.3, -0.25) is 0 Å². The van der Waals surface area contributed by atoms with Gasteiger partial charge in [0, 0.05) is 30.5 Å². The summed E-state index contributed by atoms with van der Waals surface area (Å²) in [7, 11) is 0. The number of nitrogens with zero attached hydrogens (tertiary/aromatic N) is 1. The normalized spacial score (nSPS) is 18.1. The summed E-state index contributed by atoms with van der Waals surface area (Å²) in [5.74, 6) is 0. The standard InChI is InChI=1S/C16H26N2/c1-4-10-18(11-5-2)15-8-9-16-14(12-15)7-6-13(3)17-16/h8-9,12-13,17H,4-7,10-11H2,1-3H3. The van der Waals surface area contributed by atoms with E-state index in [0.29, 0.717) is 6.04 Å². The van der Waals surface area contributed by atoms with Crippen LogP contribution in [0.1, 0.15) is 45.6 Å².